The van der Waals surface area contributed by atoms with Crippen LogP contribution < -0.4 is 5.73 Å². The van der Waals surface area contributed by atoms with Gasteiger partial charge >= 0.3 is 10.4 Å². The van der Waals surface area contributed by atoms with Gasteiger partial charge in [-0.3, -0.25) is 9.11 Å². The topological polar surface area (TPSA) is 286 Å². The van der Waals surface area contributed by atoms with E-state index in [1.54, 1.807) is 30.3 Å². The van der Waals surface area contributed by atoms with Gasteiger partial charge in [0.1, 0.15) is 16.3 Å². The van der Waals surface area contributed by atoms with E-state index in [-0.39, 0.29) is 31.9 Å². The summed E-state index contributed by atoms with van der Waals surface area (Å²) in [7, 11) is -13.9. The molecular weight excluding hydrogens is 695 g/mol. The first-order chi connectivity index (χ1) is 21.6. The molecule has 0 aliphatic heterocycles. The summed E-state index contributed by atoms with van der Waals surface area (Å²) >= 11 is 0.382. The molecule has 0 saturated heterocycles. The van der Waals surface area contributed by atoms with Crippen molar-refractivity contribution in [1.82, 2.24) is 0 Å². The molecule has 18 nitrogen and oxygen atoms in total. The van der Waals surface area contributed by atoms with Crippen molar-refractivity contribution in [2.45, 2.75) is 14.7 Å². The Balaban J connectivity index is 1.78. The summed E-state index contributed by atoms with van der Waals surface area (Å²) in [5.41, 5.74) is 5.35. The molecule has 6 N–H and O–H groups in total. The van der Waals surface area contributed by atoms with Gasteiger partial charge < -0.3 is 10.8 Å². The molecule has 0 aromatic heterocycles. The maximum absolute atomic E-state index is 12.4. The van der Waals surface area contributed by atoms with Crippen LogP contribution in [0.5, 0.6) is 5.75 Å². The average Bonchev–Trinajstić information content (AvgIpc) is 2.98. The van der Waals surface area contributed by atoms with Crippen LogP contribution in [0.25, 0.3) is 10.8 Å². The molecule has 0 aliphatic rings. The zero-order valence-electron chi connectivity index (χ0n) is 22.7. The highest BCUT2D eigenvalue weighted by Gasteiger charge is 2.25. The Morgan fingerprint density at radius 1 is 0.804 bits per heavy atom. The van der Waals surface area contributed by atoms with Crippen LogP contribution >= 0.6 is 12.0 Å². The fourth-order valence-electron chi connectivity index (χ4n) is 3.82. The number of azo groups is 2. The lowest BCUT2D eigenvalue weighted by molar-refractivity contribution is -0.432. The maximum Gasteiger partial charge on any atom is 0.397 e. The van der Waals surface area contributed by atoms with Gasteiger partial charge in [0.2, 0.25) is 0 Å². The van der Waals surface area contributed by atoms with Gasteiger partial charge in [0, 0.05) is 0 Å². The summed E-state index contributed by atoms with van der Waals surface area (Å²) in [5.74, 6) is -1.40. The van der Waals surface area contributed by atoms with Crippen LogP contribution in [0.15, 0.2) is 102 Å². The van der Waals surface area contributed by atoms with Gasteiger partial charge in [-0.15, -0.1) is 14.6 Å². The number of phenols is 1. The molecule has 0 saturated carbocycles. The number of nitrogen functional groups attached to an aromatic ring is 1. The SMILES string of the molecule is Nc1c(/N=N/c2ccc(S(=O)(=O)CCOS(=O)(=O)O)cc2)c(S(=O)(=O)O)cc2cc(SOOO)c(/N=N/c3ccccc3)c(O)c12. The number of hydrogen-bond donors (Lipinski definition) is 5. The number of aromatic hydroxyl groups is 1. The molecule has 0 unspecified atom stereocenters. The van der Waals surface area contributed by atoms with E-state index in [4.69, 9.17) is 15.5 Å². The van der Waals surface area contributed by atoms with E-state index in [2.05, 4.69) is 34.0 Å². The average molecular weight is 716 g/mol. The molecule has 0 bridgehead atoms. The van der Waals surface area contributed by atoms with Crippen molar-refractivity contribution in [3.05, 3.63) is 66.7 Å². The molecule has 0 spiro atoms. The summed E-state index contributed by atoms with van der Waals surface area (Å²) in [4.78, 5) is -1.10. The molecule has 4 aromatic rings. The number of benzene rings is 4. The van der Waals surface area contributed by atoms with Gasteiger partial charge in [-0.05, 0) is 53.9 Å². The zero-order chi connectivity index (χ0) is 33.7. The highest BCUT2D eigenvalue weighted by molar-refractivity contribution is 7.94. The molecule has 0 heterocycles. The van der Waals surface area contributed by atoms with Crippen molar-refractivity contribution in [3.8, 4) is 5.75 Å². The summed E-state index contributed by atoms with van der Waals surface area (Å²) in [6.45, 7) is -0.840. The number of nitrogens with zero attached hydrogens (tertiary/aromatic N) is 4. The fourth-order valence-corrected chi connectivity index (χ4v) is 6.48. The summed E-state index contributed by atoms with van der Waals surface area (Å²) < 4.78 is 97.8. The van der Waals surface area contributed by atoms with Crippen LogP contribution in [-0.4, -0.2) is 57.1 Å². The van der Waals surface area contributed by atoms with Crippen molar-refractivity contribution in [2.24, 2.45) is 20.5 Å². The first-order valence-electron chi connectivity index (χ1n) is 12.2. The minimum atomic E-state index is -5.01. The Morgan fingerprint density at radius 2 is 1.41 bits per heavy atom. The van der Waals surface area contributed by atoms with E-state index in [1.807, 2.05) is 0 Å². The standard InChI is InChI=1S/C24H21N5O13S4/c25-21-20-14(12-18(43-42-41-31)22(24(20)30)28-26-15-4-2-1-3-5-15)13-19(45(34,35)36)23(21)29-27-16-6-8-17(9-7-16)44(32,33)11-10-40-46(37,38)39/h1-9,12-13,30-31H,10-11,25H2,(H,34,35,36)(H,37,38,39)/b28-26+,29-27+. The first kappa shape index (κ1) is 34.8. The number of nitrogens with two attached hydrogens (primary N) is 1. The normalized spacial score (nSPS) is 12.8. The molecule has 0 radical (unpaired) electrons. The molecule has 0 fully saturated rings. The van der Waals surface area contributed by atoms with Gasteiger partial charge in [0.25, 0.3) is 10.1 Å². The molecular formula is C24H21N5O13S4. The second-order valence-electron chi connectivity index (χ2n) is 8.81. The minimum Gasteiger partial charge on any atom is -0.505 e. The van der Waals surface area contributed by atoms with E-state index in [1.165, 1.54) is 18.2 Å². The van der Waals surface area contributed by atoms with Crippen molar-refractivity contribution < 1.29 is 58.3 Å². The van der Waals surface area contributed by atoms with E-state index < -0.39 is 64.7 Å². The number of fused-ring (bicyclic) bond motifs is 1. The van der Waals surface area contributed by atoms with Crippen LogP contribution in [0, 0.1) is 0 Å². The predicted octanol–water partition coefficient (Wildman–Crippen LogP) is 5.23. The monoisotopic (exact) mass is 715 g/mol. The molecule has 0 amide bonds. The van der Waals surface area contributed by atoms with Gasteiger partial charge in [0.15, 0.2) is 15.6 Å². The maximum atomic E-state index is 12.4. The third kappa shape index (κ3) is 8.58. The van der Waals surface area contributed by atoms with Crippen LogP contribution in [0.3, 0.4) is 0 Å². The Kier molecular flexibility index (Phi) is 10.7. The highest BCUT2D eigenvalue weighted by atomic mass is 32.3. The van der Waals surface area contributed by atoms with E-state index in [0.717, 1.165) is 18.2 Å². The van der Waals surface area contributed by atoms with Crippen LogP contribution in [0.4, 0.5) is 28.4 Å². The van der Waals surface area contributed by atoms with Gasteiger partial charge in [-0.2, -0.15) is 27.1 Å². The number of sulfone groups is 1. The lowest BCUT2D eigenvalue weighted by Gasteiger charge is -2.14. The lowest BCUT2D eigenvalue weighted by atomic mass is 10.1. The lowest BCUT2D eigenvalue weighted by Crippen LogP contribution is -2.15. The quantitative estimate of drug-likeness (QED) is 0.0296. The van der Waals surface area contributed by atoms with Crippen molar-refractivity contribution in [1.29, 1.82) is 0 Å². The second kappa shape index (κ2) is 14.1. The van der Waals surface area contributed by atoms with E-state index in [0.29, 0.717) is 17.7 Å². The number of anilines is 1. The molecule has 0 aliphatic carbocycles. The van der Waals surface area contributed by atoms with Crippen molar-refractivity contribution in [3.63, 3.8) is 0 Å². The number of hydrogen-bond acceptors (Lipinski definition) is 17. The van der Waals surface area contributed by atoms with E-state index in [9.17, 15) is 34.9 Å². The molecule has 22 heteroatoms. The summed E-state index contributed by atoms with van der Waals surface area (Å²) in [6.07, 6.45) is 0. The largest absolute Gasteiger partial charge is 0.505 e. The predicted molar refractivity (Wildman–Crippen MR) is 161 cm³/mol. The van der Waals surface area contributed by atoms with Gasteiger partial charge in [-0.1, -0.05) is 23.2 Å². The Morgan fingerprint density at radius 3 is 2.00 bits per heavy atom. The number of phenolic OH excluding ortho intramolecular Hbond substituents is 1. The van der Waals surface area contributed by atoms with Crippen molar-refractivity contribution >= 4 is 81.6 Å². The van der Waals surface area contributed by atoms with Gasteiger partial charge in [-0.25, -0.2) is 17.9 Å². The third-order valence-electron chi connectivity index (χ3n) is 5.81. The van der Waals surface area contributed by atoms with Crippen LogP contribution in [0.2, 0.25) is 0 Å². The molecule has 4 rings (SSSR count). The molecule has 4 aromatic carbocycles. The highest BCUT2D eigenvalue weighted by Crippen LogP contribution is 2.49. The van der Waals surface area contributed by atoms with Crippen LogP contribution in [0.1, 0.15) is 0 Å². The smallest absolute Gasteiger partial charge is 0.397 e. The minimum absolute atomic E-state index is 0.0107. The zero-order valence-corrected chi connectivity index (χ0v) is 26.0. The molecule has 244 valence electrons. The first-order valence-corrected chi connectivity index (χ1v) is 17.4. The second-order valence-corrected chi connectivity index (χ2v) is 14.1. The Hall–Kier alpha value is -4.10. The van der Waals surface area contributed by atoms with Gasteiger partial charge in [0.05, 0.1) is 56.6 Å². The van der Waals surface area contributed by atoms with Crippen LogP contribution in [-0.2, 0) is 43.9 Å². The Labute approximate surface area is 264 Å². The summed E-state index contributed by atoms with van der Waals surface area (Å²) in [6, 6.07) is 15.1. The molecule has 0 atom stereocenters. The van der Waals surface area contributed by atoms with Crippen molar-refractivity contribution in [2.75, 3.05) is 18.1 Å². The fraction of sp³-hybridized carbons (Fsp3) is 0.0833. The third-order valence-corrected chi connectivity index (χ3v) is 9.46. The Bertz CT molecular complexity index is 2140. The molecule has 46 heavy (non-hydrogen) atoms. The van der Waals surface area contributed by atoms with E-state index >= 15 is 0 Å². The summed E-state index contributed by atoms with van der Waals surface area (Å²) in [5, 5.41) is 39.0. The number of rotatable bonds is 13.